The van der Waals surface area contributed by atoms with Crippen LogP contribution in [0.15, 0.2) is 41.7 Å². The van der Waals surface area contributed by atoms with E-state index in [1.165, 1.54) is 4.40 Å². The lowest BCUT2D eigenvalue weighted by molar-refractivity contribution is -0.141. The molecule has 1 unspecified atom stereocenters. The van der Waals surface area contributed by atoms with Crippen LogP contribution >= 0.6 is 0 Å². The van der Waals surface area contributed by atoms with E-state index in [9.17, 15) is 18.4 Å². The summed E-state index contributed by atoms with van der Waals surface area (Å²) in [4.78, 5) is 8.60. The molecule has 0 amide bonds. The normalized spacial score (nSPS) is 16.7. The Hall–Kier alpha value is -2.73. The third kappa shape index (κ3) is 3.07. The van der Waals surface area contributed by atoms with Crippen LogP contribution in [0.1, 0.15) is 31.0 Å². The van der Waals surface area contributed by atoms with Gasteiger partial charge < -0.3 is 0 Å². The van der Waals surface area contributed by atoms with E-state index in [0.717, 1.165) is 41.3 Å². The van der Waals surface area contributed by atoms with Crippen LogP contribution in [0.2, 0.25) is 0 Å². The van der Waals surface area contributed by atoms with E-state index in [0.29, 0.717) is 11.4 Å². The van der Waals surface area contributed by atoms with Crippen LogP contribution in [0, 0.1) is 16.1 Å². The molecule has 1 saturated carbocycles. The molecular weight excluding hydrogens is 387 g/mol. The molecule has 1 atom stereocenters. The molecule has 2 heterocycles. The molecule has 1 aliphatic carbocycles. The predicted molar refractivity (Wildman–Crippen MR) is 100 cm³/mol. The number of benzene rings is 1. The van der Waals surface area contributed by atoms with Crippen molar-refractivity contribution in [2.75, 3.05) is 5.75 Å². The van der Waals surface area contributed by atoms with Crippen LogP contribution in [0.4, 0.5) is 13.2 Å². The molecular formula is C19H17F3N5S+. The maximum absolute atomic E-state index is 12.9. The van der Waals surface area contributed by atoms with Crippen molar-refractivity contribution in [2.24, 2.45) is 0 Å². The van der Waals surface area contributed by atoms with E-state index >= 15 is 0 Å². The van der Waals surface area contributed by atoms with Crippen molar-refractivity contribution >= 4 is 16.3 Å². The Morgan fingerprint density at radius 2 is 2.07 bits per heavy atom. The zero-order valence-electron chi connectivity index (χ0n) is 15.0. The van der Waals surface area contributed by atoms with Crippen molar-refractivity contribution in [3.63, 3.8) is 0 Å². The van der Waals surface area contributed by atoms with Gasteiger partial charge in [-0.05, 0) is 48.2 Å². The fraction of sp³-hybridized carbons (Fsp3) is 0.316. The summed E-state index contributed by atoms with van der Waals surface area (Å²) in [5.74, 6) is 0.637. The van der Waals surface area contributed by atoms with Crippen molar-refractivity contribution < 1.29 is 13.2 Å². The number of nitriles is 1. The highest BCUT2D eigenvalue weighted by Crippen LogP contribution is 2.48. The van der Waals surface area contributed by atoms with Gasteiger partial charge in [0.1, 0.15) is 22.6 Å². The maximum Gasteiger partial charge on any atom is 0.433 e. The van der Waals surface area contributed by atoms with Crippen molar-refractivity contribution in [3.8, 4) is 17.3 Å². The number of hydrogen-bond acceptors (Lipinski definition) is 4. The summed E-state index contributed by atoms with van der Waals surface area (Å²) in [6, 6.07) is 8.90. The lowest BCUT2D eigenvalue weighted by Crippen LogP contribution is -2.08. The largest absolute Gasteiger partial charge is 0.433 e. The van der Waals surface area contributed by atoms with Crippen LogP contribution < -0.4 is 0 Å². The number of nitrogens with zero attached hydrogens (tertiary/aromatic N) is 4. The van der Waals surface area contributed by atoms with Crippen molar-refractivity contribution in [1.29, 1.82) is 10.0 Å². The first-order valence-corrected chi connectivity index (χ1v) is 10.3. The number of halogens is 3. The molecule has 28 heavy (non-hydrogen) atoms. The first-order valence-electron chi connectivity index (χ1n) is 8.74. The minimum Gasteiger partial charge on any atom is -0.290 e. The fourth-order valence-electron chi connectivity index (χ4n) is 3.21. The molecule has 2 aromatic heterocycles. The molecule has 4 rings (SSSR count). The molecule has 9 heteroatoms. The molecule has 5 nitrogen and oxygen atoms in total. The van der Waals surface area contributed by atoms with E-state index in [1.54, 1.807) is 6.20 Å². The Morgan fingerprint density at radius 1 is 1.32 bits per heavy atom. The molecule has 1 aliphatic rings. The van der Waals surface area contributed by atoms with Crippen LogP contribution in [0.5, 0.6) is 0 Å². The van der Waals surface area contributed by atoms with Crippen LogP contribution in [0.25, 0.3) is 16.9 Å². The molecule has 0 spiro atoms. The second-order valence-corrected chi connectivity index (χ2v) is 8.80. The quantitative estimate of drug-likeness (QED) is 0.515. The summed E-state index contributed by atoms with van der Waals surface area (Å²) in [5.41, 5.74) is 0.825. The van der Waals surface area contributed by atoms with Gasteiger partial charge in [0, 0.05) is 12.3 Å². The SMILES string of the molecule is CC[SH+](=N)c1cc(C2(C#N)CC2)ccc1-c1cn2cnc(C(F)(F)F)cc2n1. The summed E-state index contributed by atoms with van der Waals surface area (Å²) in [5, 5.41) is 9.46. The Kier molecular flexibility index (Phi) is 4.27. The highest BCUT2D eigenvalue weighted by molar-refractivity contribution is 7.86. The van der Waals surface area contributed by atoms with Crippen LogP contribution in [-0.4, -0.2) is 20.1 Å². The first kappa shape index (κ1) is 18.6. The lowest BCUT2D eigenvalue weighted by Gasteiger charge is -2.10. The second kappa shape index (κ2) is 6.41. The number of rotatable bonds is 4. The minimum atomic E-state index is -4.53. The van der Waals surface area contributed by atoms with Gasteiger partial charge in [0.2, 0.25) is 0 Å². The second-order valence-electron chi connectivity index (χ2n) is 6.83. The predicted octanol–water partition coefficient (Wildman–Crippen LogP) is 4.46. The van der Waals surface area contributed by atoms with Crippen LogP contribution in [0.3, 0.4) is 0 Å². The van der Waals surface area contributed by atoms with Gasteiger partial charge in [-0.2, -0.15) is 23.2 Å². The molecule has 0 saturated heterocycles. The van der Waals surface area contributed by atoms with Gasteiger partial charge in [-0.3, -0.25) is 4.40 Å². The number of fused-ring (bicyclic) bond motifs is 1. The zero-order valence-corrected chi connectivity index (χ0v) is 15.8. The minimum absolute atomic E-state index is 0.147. The average molecular weight is 404 g/mol. The molecule has 0 bridgehead atoms. The van der Waals surface area contributed by atoms with E-state index in [4.69, 9.17) is 4.78 Å². The lowest BCUT2D eigenvalue weighted by atomic mass is 9.96. The van der Waals surface area contributed by atoms with Gasteiger partial charge in [-0.15, -0.1) is 0 Å². The molecule has 3 aromatic rings. The van der Waals surface area contributed by atoms with E-state index in [2.05, 4.69) is 16.0 Å². The summed E-state index contributed by atoms with van der Waals surface area (Å²) >= 11 is 0. The van der Waals surface area contributed by atoms with E-state index in [-0.39, 0.29) is 5.65 Å². The van der Waals surface area contributed by atoms with Gasteiger partial charge in [-0.1, -0.05) is 6.07 Å². The molecule has 0 radical (unpaired) electrons. The number of aromatic nitrogens is 3. The average Bonchev–Trinajstić information content (AvgIpc) is 3.37. The van der Waals surface area contributed by atoms with Gasteiger partial charge in [-0.25, -0.2) is 9.97 Å². The van der Waals surface area contributed by atoms with Crippen molar-refractivity contribution in [1.82, 2.24) is 14.4 Å². The highest BCUT2D eigenvalue weighted by Gasteiger charge is 2.45. The number of nitrogens with one attached hydrogen (secondary N) is 1. The Balaban J connectivity index is 1.84. The number of hydrogen-bond donors (Lipinski definition) is 1. The van der Waals surface area contributed by atoms with Gasteiger partial charge in [0.05, 0.1) is 28.5 Å². The molecule has 144 valence electrons. The van der Waals surface area contributed by atoms with Gasteiger partial charge in [0.15, 0.2) is 0 Å². The summed E-state index contributed by atoms with van der Waals surface area (Å²) < 4.78 is 48.6. The van der Waals surface area contributed by atoms with E-state index < -0.39 is 28.0 Å². The molecule has 1 fully saturated rings. The summed E-state index contributed by atoms with van der Waals surface area (Å²) in [6.45, 7) is 1.93. The maximum atomic E-state index is 12.9. The number of thiol groups is 1. The molecule has 0 aliphatic heterocycles. The van der Waals surface area contributed by atoms with Crippen molar-refractivity contribution in [2.45, 2.75) is 36.3 Å². The standard InChI is InChI=1S/C19H16F3N5S/c1-2-28(24)15-7-12(18(10-23)5-6-18)3-4-13(15)14-9-27-11-25-16(19(20,21)22)8-17(27)26-14/h3-4,7-9,11,24H,2,5-6H2,1H3/p+1. The van der Waals surface area contributed by atoms with Gasteiger partial charge in [0.25, 0.3) is 0 Å². The number of alkyl halides is 3. The molecule has 1 aromatic carbocycles. The monoisotopic (exact) mass is 404 g/mol. The summed E-state index contributed by atoms with van der Waals surface area (Å²) in [7, 11) is -1.22. The van der Waals surface area contributed by atoms with Crippen molar-refractivity contribution in [3.05, 3.63) is 48.0 Å². The smallest absolute Gasteiger partial charge is 0.290 e. The fourth-order valence-corrected chi connectivity index (χ4v) is 4.32. The topological polar surface area (TPSA) is 77.8 Å². The Labute approximate surface area is 161 Å². The third-order valence-electron chi connectivity index (χ3n) is 5.04. The first-order chi connectivity index (χ1) is 13.3. The van der Waals surface area contributed by atoms with Crippen LogP contribution in [-0.2, 0) is 22.3 Å². The van der Waals surface area contributed by atoms with E-state index in [1.807, 2.05) is 25.1 Å². The molecule has 1 N–H and O–H groups in total. The van der Waals surface area contributed by atoms with Gasteiger partial charge >= 0.3 is 6.18 Å². The third-order valence-corrected chi connectivity index (χ3v) is 6.62. The zero-order chi connectivity index (χ0) is 20.1. The number of imidazole rings is 1. The Bertz CT molecular complexity index is 1140. The highest BCUT2D eigenvalue weighted by atomic mass is 32.2. The summed E-state index contributed by atoms with van der Waals surface area (Å²) in [6.07, 6.45) is -0.193. The Morgan fingerprint density at radius 3 is 2.68 bits per heavy atom.